The van der Waals surface area contributed by atoms with Crippen molar-refractivity contribution < 1.29 is 22.7 Å². The first-order chi connectivity index (χ1) is 9.47. The molecule has 1 aliphatic carbocycles. The predicted octanol–water partition coefficient (Wildman–Crippen LogP) is 0.0421. The molecule has 0 unspecified atom stereocenters. The van der Waals surface area contributed by atoms with Gasteiger partial charge in [0, 0.05) is 13.2 Å². The number of carbonyl (C=O) groups is 1. The molecule has 1 heterocycles. The summed E-state index contributed by atoms with van der Waals surface area (Å²) < 4.78 is 36.8. The largest absolute Gasteiger partial charge is 0.462 e. The summed E-state index contributed by atoms with van der Waals surface area (Å²) in [4.78, 5) is 11.6. The highest BCUT2D eigenvalue weighted by Gasteiger charge is 2.35. The van der Waals surface area contributed by atoms with Gasteiger partial charge in [-0.05, 0) is 19.8 Å². The Kier molecular flexibility index (Phi) is 4.41. The fourth-order valence-electron chi connectivity index (χ4n) is 1.97. The third kappa shape index (κ3) is 3.00. The molecule has 1 fully saturated rings. The molecule has 0 amide bonds. The fourth-order valence-corrected chi connectivity index (χ4v) is 3.31. The third-order valence-corrected chi connectivity index (χ3v) is 4.61. The van der Waals surface area contributed by atoms with Crippen LogP contribution >= 0.6 is 0 Å². The molecule has 1 saturated carbocycles. The Morgan fingerprint density at radius 3 is 2.85 bits per heavy atom. The molecular weight excluding hydrogens is 286 g/mol. The number of hydrogen-bond donors (Lipinski definition) is 2. The highest BCUT2D eigenvalue weighted by molar-refractivity contribution is 7.89. The fraction of sp³-hybridized carbons (Fsp3) is 0.636. The van der Waals surface area contributed by atoms with Crippen molar-refractivity contribution >= 4 is 16.0 Å². The van der Waals surface area contributed by atoms with Gasteiger partial charge in [0.25, 0.3) is 10.0 Å². The first-order valence-electron chi connectivity index (χ1n) is 6.23. The molecule has 112 valence electrons. The van der Waals surface area contributed by atoms with Crippen molar-refractivity contribution in [1.82, 2.24) is 14.9 Å². The second-order valence-electron chi connectivity index (χ2n) is 4.48. The van der Waals surface area contributed by atoms with Crippen LogP contribution in [0, 0.1) is 0 Å². The van der Waals surface area contributed by atoms with Gasteiger partial charge in [0.1, 0.15) is 5.56 Å². The number of nitrogens with zero attached hydrogens (tertiary/aromatic N) is 1. The molecule has 9 heteroatoms. The summed E-state index contributed by atoms with van der Waals surface area (Å²) in [6.45, 7) is 1.80. The van der Waals surface area contributed by atoms with Crippen molar-refractivity contribution in [2.45, 2.75) is 36.9 Å². The molecule has 1 aromatic rings. The number of hydrogen-bond acceptors (Lipinski definition) is 6. The van der Waals surface area contributed by atoms with Crippen molar-refractivity contribution in [3.05, 3.63) is 11.8 Å². The zero-order chi connectivity index (χ0) is 14.8. The number of nitrogens with one attached hydrogen (secondary N) is 2. The topological polar surface area (TPSA) is 110 Å². The van der Waals surface area contributed by atoms with E-state index in [1.165, 1.54) is 0 Å². The normalized spacial score (nSPS) is 22.3. The van der Waals surface area contributed by atoms with Crippen molar-refractivity contribution in [2.75, 3.05) is 13.7 Å². The van der Waals surface area contributed by atoms with E-state index < -0.39 is 16.0 Å². The van der Waals surface area contributed by atoms with Crippen LogP contribution in [-0.2, 0) is 19.5 Å². The van der Waals surface area contributed by atoms with Crippen molar-refractivity contribution in [2.24, 2.45) is 0 Å². The molecular formula is C11H17N3O5S. The molecule has 0 bridgehead atoms. The van der Waals surface area contributed by atoms with E-state index in [2.05, 4.69) is 14.9 Å². The van der Waals surface area contributed by atoms with Crippen LogP contribution in [-0.4, -0.2) is 50.4 Å². The number of ether oxygens (including phenoxy) is 2. The van der Waals surface area contributed by atoms with E-state index in [0.717, 1.165) is 6.20 Å². The van der Waals surface area contributed by atoms with Gasteiger partial charge >= 0.3 is 5.97 Å². The number of methoxy groups -OCH3 is 1. The standard InChI is InChI=1S/C11H17N3O5S/c1-3-19-11(15)9-6-12-13-10(9)20(16,17)14-7-4-8(5-7)18-2/h6-8,14H,3-5H2,1-2H3,(H,12,13). The average Bonchev–Trinajstić information content (AvgIpc) is 2.83. The molecule has 1 aromatic heterocycles. The third-order valence-electron chi connectivity index (χ3n) is 3.12. The maximum Gasteiger partial charge on any atom is 0.342 e. The Morgan fingerprint density at radius 2 is 2.25 bits per heavy atom. The molecule has 0 aliphatic heterocycles. The molecule has 0 atom stereocenters. The van der Waals surface area contributed by atoms with Crippen molar-refractivity contribution in [3.63, 3.8) is 0 Å². The average molecular weight is 303 g/mol. The van der Waals surface area contributed by atoms with Crippen LogP contribution in [0.25, 0.3) is 0 Å². The van der Waals surface area contributed by atoms with Gasteiger partial charge in [0.2, 0.25) is 0 Å². The molecule has 0 saturated heterocycles. The summed E-state index contributed by atoms with van der Waals surface area (Å²) >= 11 is 0. The van der Waals surface area contributed by atoms with Crippen LogP contribution in [0.2, 0.25) is 0 Å². The van der Waals surface area contributed by atoms with Crippen LogP contribution in [0.1, 0.15) is 30.1 Å². The van der Waals surface area contributed by atoms with Gasteiger partial charge in [-0.2, -0.15) is 5.10 Å². The zero-order valence-corrected chi connectivity index (χ0v) is 12.1. The number of sulfonamides is 1. The van der Waals surface area contributed by atoms with E-state index in [1.54, 1.807) is 14.0 Å². The first-order valence-corrected chi connectivity index (χ1v) is 7.71. The minimum absolute atomic E-state index is 0.0778. The maximum absolute atomic E-state index is 12.2. The highest BCUT2D eigenvalue weighted by atomic mass is 32.2. The Labute approximate surface area is 116 Å². The van der Waals surface area contributed by atoms with Gasteiger partial charge in [0.15, 0.2) is 5.03 Å². The summed E-state index contributed by atoms with van der Waals surface area (Å²) in [5.41, 5.74) is -0.0954. The summed E-state index contributed by atoms with van der Waals surface area (Å²) in [5.74, 6) is -0.718. The lowest BCUT2D eigenvalue weighted by Gasteiger charge is -2.34. The van der Waals surface area contributed by atoms with E-state index in [9.17, 15) is 13.2 Å². The summed E-state index contributed by atoms with van der Waals surface area (Å²) in [6, 6.07) is -0.191. The van der Waals surface area contributed by atoms with Crippen LogP contribution in [0.5, 0.6) is 0 Å². The van der Waals surface area contributed by atoms with Crippen LogP contribution in [0.4, 0.5) is 0 Å². The molecule has 20 heavy (non-hydrogen) atoms. The molecule has 0 aromatic carbocycles. The Balaban J connectivity index is 2.10. The van der Waals surface area contributed by atoms with E-state index in [-0.39, 0.29) is 29.3 Å². The Hall–Kier alpha value is -1.45. The molecule has 0 radical (unpaired) electrons. The SMILES string of the molecule is CCOC(=O)c1cn[nH]c1S(=O)(=O)NC1CC(OC)C1. The lowest BCUT2D eigenvalue weighted by molar-refractivity contribution is 0.0235. The monoisotopic (exact) mass is 303 g/mol. The van der Waals surface area contributed by atoms with Crippen molar-refractivity contribution in [1.29, 1.82) is 0 Å². The highest BCUT2D eigenvalue weighted by Crippen LogP contribution is 2.24. The predicted molar refractivity (Wildman–Crippen MR) is 68.7 cm³/mol. The second kappa shape index (κ2) is 5.90. The van der Waals surface area contributed by atoms with Crippen molar-refractivity contribution in [3.8, 4) is 0 Å². The molecule has 1 aliphatic rings. The van der Waals surface area contributed by atoms with E-state index in [4.69, 9.17) is 9.47 Å². The second-order valence-corrected chi connectivity index (χ2v) is 6.13. The minimum Gasteiger partial charge on any atom is -0.462 e. The lowest BCUT2D eigenvalue weighted by atomic mass is 9.90. The van der Waals surface area contributed by atoms with Crippen LogP contribution in [0.3, 0.4) is 0 Å². The quantitative estimate of drug-likeness (QED) is 0.718. The molecule has 2 rings (SSSR count). The van der Waals surface area contributed by atoms with Gasteiger partial charge in [-0.25, -0.2) is 17.9 Å². The maximum atomic E-state index is 12.2. The van der Waals surface area contributed by atoms with Crippen LogP contribution in [0.15, 0.2) is 11.2 Å². The Morgan fingerprint density at radius 1 is 1.55 bits per heavy atom. The Bertz CT molecular complexity index is 577. The summed E-state index contributed by atoms with van der Waals surface area (Å²) in [6.07, 6.45) is 2.44. The van der Waals surface area contributed by atoms with Gasteiger partial charge in [-0.1, -0.05) is 0 Å². The molecule has 0 spiro atoms. The van der Waals surface area contributed by atoms with E-state index in [0.29, 0.717) is 12.8 Å². The smallest absolute Gasteiger partial charge is 0.342 e. The summed E-state index contributed by atoms with van der Waals surface area (Å²) in [7, 11) is -2.24. The van der Waals surface area contributed by atoms with Gasteiger partial charge in [-0.3, -0.25) is 5.10 Å². The van der Waals surface area contributed by atoms with Gasteiger partial charge in [0.05, 0.1) is 18.9 Å². The molecule has 8 nitrogen and oxygen atoms in total. The van der Waals surface area contributed by atoms with Gasteiger partial charge < -0.3 is 9.47 Å². The lowest BCUT2D eigenvalue weighted by Crippen LogP contribution is -2.47. The number of carbonyl (C=O) groups excluding carboxylic acids is 1. The van der Waals surface area contributed by atoms with Gasteiger partial charge in [-0.15, -0.1) is 0 Å². The number of aromatic amines is 1. The first kappa shape index (κ1) is 14.9. The van der Waals surface area contributed by atoms with E-state index >= 15 is 0 Å². The minimum atomic E-state index is -3.83. The van der Waals surface area contributed by atoms with Crippen LogP contribution < -0.4 is 4.72 Å². The number of esters is 1. The number of rotatable bonds is 6. The molecule has 2 N–H and O–H groups in total. The number of H-pyrrole nitrogens is 1. The summed E-state index contributed by atoms with van der Waals surface area (Å²) in [5, 5.41) is 5.67. The zero-order valence-electron chi connectivity index (χ0n) is 11.3. The number of aromatic nitrogens is 2. The van der Waals surface area contributed by atoms with E-state index in [1.807, 2.05) is 0 Å².